The van der Waals surface area contributed by atoms with Gasteiger partial charge in [0.15, 0.2) is 0 Å². The van der Waals surface area contributed by atoms with Crippen molar-refractivity contribution in [2.75, 3.05) is 26.2 Å². The van der Waals surface area contributed by atoms with Crippen LogP contribution in [0.1, 0.15) is 0 Å². The quantitative estimate of drug-likeness (QED) is 0.639. The first-order valence-electron chi connectivity index (χ1n) is 2.51. The normalized spacial score (nSPS) is 25.3. The van der Waals surface area contributed by atoms with Crippen molar-refractivity contribution in [3.05, 3.63) is 0 Å². The molecule has 0 unspecified atom stereocenters. The van der Waals surface area contributed by atoms with Gasteiger partial charge in [-0.3, -0.25) is 0 Å². The summed E-state index contributed by atoms with van der Waals surface area (Å²) in [6.07, 6.45) is 0. The van der Waals surface area contributed by atoms with Gasteiger partial charge in [-0.2, -0.15) is 0 Å². The van der Waals surface area contributed by atoms with Crippen LogP contribution >= 0.6 is 0 Å². The summed E-state index contributed by atoms with van der Waals surface area (Å²) >= 11 is 1.79. The average molecular weight is 295 g/mol. The zero-order valence-corrected chi connectivity index (χ0v) is 7.09. The number of nitrogens with zero attached hydrogens (tertiary/aromatic N) is 1. The molecule has 0 atom stereocenters. The second-order valence-electron chi connectivity index (χ2n) is 1.66. The van der Waals surface area contributed by atoms with Gasteiger partial charge in [-0.05, 0) is 0 Å². The summed E-state index contributed by atoms with van der Waals surface area (Å²) < 4.78 is 2.39. The Bertz CT molecular complexity index is 51.7. The van der Waals surface area contributed by atoms with Gasteiger partial charge in [0, 0.05) is 0 Å². The summed E-state index contributed by atoms with van der Waals surface area (Å²) in [7, 11) is 0. The van der Waals surface area contributed by atoms with Gasteiger partial charge in [0.25, 0.3) is 0 Å². The first kappa shape index (κ1) is 5.93. The zero-order chi connectivity index (χ0) is 5.11. The van der Waals surface area contributed by atoms with Crippen LogP contribution in [0.25, 0.3) is 0 Å². The second kappa shape index (κ2) is 2.96. The van der Waals surface area contributed by atoms with Crippen LogP contribution in [0.5, 0.6) is 0 Å². The molecule has 1 fully saturated rings. The number of rotatable bonds is 0. The minimum atomic E-state index is 1.18. The predicted octanol–water partition coefficient (Wildman–Crippen LogP) is -0.644. The molecule has 3 heteroatoms. The van der Waals surface area contributed by atoms with E-state index in [4.69, 9.17) is 0 Å². The standard InChI is InChI=1S/C4H9AtN2/c5-7-3-1-6-2-4-7/h6H,1-4H2. The van der Waals surface area contributed by atoms with Crippen LogP contribution in [0.15, 0.2) is 0 Å². The van der Waals surface area contributed by atoms with Gasteiger partial charge >= 0.3 is 59.3 Å². The van der Waals surface area contributed by atoms with Crippen LogP contribution in [0.3, 0.4) is 0 Å². The Balaban J connectivity index is 2.12. The molecule has 0 radical (unpaired) electrons. The molecule has 0 saturated carbocycles. The minimum absolute atomic E-state index is 1.18. The Hall–Kier alpha value is 0.803. The van der Waals surface area contributed by atoms with Crippen molar-refractivity contribution in [1.29, 1.82) is 0 Å². The van der Waals surface area contributed by atoms with E-state index in [9.17, 15) is 0 Å². The van der Waals surface area contributed by atoms with Crippen molar-refractivity contribution in [3.8, 4) is 0 Å². The van der Waals surface area contributed by atoms with E-state index >= 15 is 0 Å². The van der Waals surface area contributed by atoms with Gasteiger partial charge in [0.1, 0.15) is 0 Å². The summed E-state index contributed by atoms with van der Waals surface area (Å²) in [5.74, 6) is 0. The first-order chi connectivity index (χ1) is 3.39. The molecule has 0 bridgehead atoms. The zero-order valence-electron chi connectivity index (χ0n) is 4.15. The third-order valence-corrected chi connectivity index (χ3v) is 2.38. The maximum atomic E-state index is 3.28. The Labute approximate surface area is 59.5 Å². The van der Waals surface area contributed by atoms with Gasteiger partial charge in [-0.1, -0.05) is 0 Å². The Morgan fingerprint density at radius 3 is 2.14 bits per heavy atom. The van der Waals surface area contributed by atoms with E-state index in [0.717, 1.165) is 0 Å². The van der Waals surface area contributed by atoms with E-state index in [1.165, 1.54) is 26.2 Å². The van der Waals surface area contributed by atoms with Crippen molar-refractivity contribution in [2.24, 2.45) is 0 Å². The Kier molecular flexibility index (Phi) is 2.50. The van der Waals surface area contributed by atoms with E-state index in [1.54, 1.807) is 25.0 Å². The summed E-state index contributed by atoms with van der Waals surface area (Å²) in [6, 6.07) is 0. The van der Waals surface area contributed by atoms with Gasteiger partial charge in [-0.25, -0.2) is 0 Å². The molecule has 1 rings (SSSR count). The molecule has 0 aromatic carbocycles. The predicted molar refractivity (Wildman–Crippen MR) is 24.4 cm³/mol. The van der Waals surface area contributed by atoms with Crippen molar-refractivity contribution < 1.29 is 25.0 Å². The number of piperazine rings is 1. The van der Waals surface area contributed by atoms with Gasteiger partial charge < -0.3 is 0 Å². The topological polar surface area (TPSA) is 15.3 Å². The SMILES string of the molecule is [At]N1CCNCC1. The van der Waals surface area contributed by atoms with Gasteiger partial charge in [-0.15, -0.1) is 0 Å². The molecule has 0 amide bonds. The monoisotopic (exact) mass is 295 g/mol. The third kappa shape index (κ3) is 2.03. The van der Waals surface area contributed by atoms with E-state index in [1.807, 2.05) is 0 Å². The third-order valence-electron chi connectivity index (χ3n) is 1.06. The molecule has 1 saturated heterocycles. The van der Waals surface area contributed by atoms with Gasteiger partial charge in [0.05, 0.1) is 0 Å². The fraction of sp³-hybridized carbons (Fsp3) is 1.00. The molecule has 0 aromatic rings. The molecule has 1 aliphatic heterocycles. The van der Waals surface area contributed by atoms with E-state index in [2.05, 4.69) is 8.16 Å². The van der Waals surface area contributed by atoms with Crippen LogP contribution in [-0.4, -0.2) is 29.0 Å². The Morgan fingerprint density at radius 1 is 1.29 bits per heavy atom. The molecule has 1 aliphatic rings. The summed E-state index contributed by atoms with van der Waals surface area (Å²) in [5.41, 5.74) is 0. The van der Waals surface area contributed by atoms with Gasteiger partial charge in [0.2, 0.25) is 0 Å². The number of nitrogens with one attached hydrogen (secondary N) is 1. The van der Waals surface area contributed by atoms with Crippen LogP contribution in [0, 0.1) is 25.0 Å². The maximum absolute atomic E-state index is 3.28. The van der Waals surface area contributed by atoms with Crippen LogP contribution in [-0.2, 0) is 0 Å². The molecular formula is C4H9AtN2. The molecule has 2 nitrogen and oxygen atoms in total. The number of hydrogen-bond donors (Lipinski definition) is 1. The second-order valence-corrected chi connectivity index (χ2v) is 3.52. The number of hydrogen-bond acceptors (Lipinski definition) is 2. The van der Waals surface area contributed by atoms with Crippen LogP contribution in [0.2, 0.25) is 0 Å². The van der Waals surface area contributed by atoms with Crippen molar-refractivity contribution in [2.45, 2.75) is 0 Å². The van der Waals surface area contributed by atoms with E-state index < -0.39 is 0 Å². The van der Waals surface area contributed by atoms with Crippen LogP contribution < -0.4 is 5.32 Å². The fourth-order valence-corrected chi connectivity index (χ4v) is 1.29. The molecule has 0 aromatic heterocycles. The summed E-state index contributed by atoms with van der Waals surface area (Å²) in [6.45, 7) is 4.82. The molecule has 42 valence electrons. The molecule has 7 heavy (non-hydrogen) atoms. The molecule has 0 spiro atoms. The van der Waals surface area contributed by atoms with E-state index in [-0.39, 0.29) is 0 Å². The fourth-order valence-electron chi connectivity index (χ4n) is 0.638. The molecular weight excluding hydrogens is 286 g/mol. The molecule has 1 heterocycles. The molecule has 0 aliphatic carbocycles. The Morgan fingerprint density at radius 2 is 1.86 bits per heavy atom. The summed E-state index contributed by atoms with van der Waals surface area (Å²) in [5, 5.41) is 3.28. The van der Waals surface area contributed by atoms with Crippen molar-refractivity contribution in [1.82, 2.24) is 8.16 Å². The first-order valence-corrected chi connectivity index (χ1v) is 3.82. The summed E-state index contributed by atoms with van der Waals surface area (Å²) in [4.78, 5) is 0. The van der Waals surface area contributed by atoms with Crippen LogP contribution in [0.4, 0.5) is 0 Å². The van der Waals surface area contributed by atoms with E-state index in [0.29, 0.717) is 0 Å². The molecule has 1 N–H and O–H groups in total. The van der Waals surface area contributed by atoms with Crippen molar-refractivity contribution >= 4 is 0 Å². The average Bonchev–Trinajstić information content (AvgIpc) is 1.69. The van der Waals surface area contributed by atoms with Crippen molar-refractivity contribution in [3.63, 3.8) is 0 Å².